The van der Waals surface area contributed by atoms with Gasteiger partial charge in [0, 0.05) is 6.20 Å². The molecule has 0 radical (unpaired) electrons. The Labute approximate surface area is 126 Å². The molecule has 0 spiro atoms. The normalized spacial score (nSPS) is 12.0. The summed E-state index contributed by atoms with van der Waals surface area (Å²) in [5.74, 6) is 1.33. The highest BCUT2D eigenvalue weighted by molar-refractivity contribution is 6.31. The number of anilines is 1. The second kappa shape index (κ2) is 5.38. The van der Waals surface area contributed by atoms with Crippen molar-refractivity contribution in [3.8, 4) is 6.07 Å². The van der Waals surface area contributed by atoms with Gasteiger partial charge in [0.25, 0.3) is 0 Å². The van der Waals surface area contributed by atoms with E-state index in [0.717, 1.165) is 11.5 Å². The maximum absolute atomic E-state index is 8.95. The van der Waals surface area contributed by atoms with Gasteiger partial charge in [-0.25, -0.2) is 4.98 Å². The van der Waals surface area contributed by atoms with Gasteiger partial charge >= 0.3 is 0 Å². The van der Waals surface area contributed by atoms with E-state index in [9.17, 15) is 0 Å². The summed E-state index contributed by atoms with van der Waals surface area (Å²) in [6.07, 6.45) is 1.90. The Morgan fingerprint density at radius 3 is 2.95 bits per heavy atom. The minimum Gasteiger partial charge on any atom is -0.360 e. The lowest BCUT2D eigenvalue weighted by molar-refractivity contribution is 0.768. The van der Waals surface area contributed by atoms with Gasteiger partial charge in [0.2, 0.25) is 0 Å². The highest BCUT2D eigenvalue weighted by atomic mass is 35.5. The van der Waals surface area contributed by atoms with Gasteiger partial charge in [-0.3, -0.25) is 4.40 Å². The second-order valence-electron chi connectivity index (χ2n) is 4.49. The van der Waals surface area contributed by atoms with Gasteiger partial charge in [-0.2, -0.15) is 5.26 Å². The molecule has 0 bridgehead atoms. The van der Waals surface area contributed by atoms with Crippen LogP contribution in [-0.2, 0) is 0 Å². The van der Waals surface area contributed by atoms with Crippen LogP contribution >= 0.6 is 11.6 Å². The standard InChI is InChI=1S/C14H11ClN6/c1-9(14-20-19-13-4-2-3-7-21(13)14)17-12-6-5-10(15)11(8-16)18-12/h2-7,9H,1H3,(H,17,18). The van der Waals surface area contributed by atoms with Crippen molar-refractivity contribution in [3.05, 3.63) is 53.1 Å². The molecule has 3 rings (SSSR count). The van der Waals surface area contributed by atoms with Gasteiger partial charge in [0.1, 0.15) is 11.9 Å². The molecule has 0 fully saturated rings. The first-order chi connectivity index (χ1) is 10.2. The van der Waals surface area contributed by atoms with Gasteiger partial charge in [-0.15, -0.1) is 10.2 Å². The Hall–Kier alpha value is -2.65. The number of hydrogen-bond acceptors (Lipinski definition) is 5. The fraction of sp³-hybridized carbons (Fsp3) is 0.143. The van der Waals surface area contributed by atoms with Crippen LogP contribution in [0.15, 0.2) is 36.5 Å². The van der Waals surface area contributed by atoms with Crippen LogP contribution in [-0.4, -0.2) is 19.6 Å². The molecule has 0 aliphatic carbocycles. The zero-order valence-corrected chi connectivity index (χ0v) is 11.9. The molecule has 0 saturated carbocycles. The van der Waals surface area contributed by atoms with E-state index >= 15 is 0 Å². The molecule has 0 saturated heterocycles. The molecule has 3 aromatic rings. The van der Waals surface area contributed by atoms with Crippen molar-refractivity contribution in [2.24, 2.45) is 0 Å². The average molecular weight is 299 g/mol. The SMILES string of the molecule is CC(Nc1ccc(Cl)c(C#N)n1)c1nnc2ccccn12. The van der Waals surface area contributed by atoms with Crippen LogP contribution in [0.25, 0.3) is 5.65 Å². The van der Waals surface area contributed by atoms with Gasteiger partial charge in [-0.05, 0) is 31.2 Å². The number of fused-ring (bicyclic) bond motifs is 1. The predicted molar refractivity (Wildman–Crippen MR) is 79.0 cm³/mol. The van der Waals surface area contributed by atoms with Crippen LogP contribution < -0.4 is 5.32 Å². The molecule has 3 aromatic heterocycles. The molecule has 3 heterocycles. The van der Waals surface area contributed by atoms with Crippen LogP contribution in [0.4, 0.5) is 5.82 Å². The largest absolute Gasteiger partial charge is 0.360 e. The van der Waals surface area contributed by atoms with E-state index in [2.05, 4.69) is 20.5 Å². The molecule has 0 aromatic carbocycles. The summed E-state index contributed by atoms with van der Waals surface area (Å²) in [5.41, 5.74) is 0.975. The number of nitrogens with zero attached hydrogens (tertiary/aromatic N) is 5. The van der Waals surface area contributed by atoms with Crippen LogP contribution in [0, 0.1) is 11.3 Å². The summed E-state index contributed by atoms with van der Waals surface area (Å²) in [7, 11) is 0. The van der Waals surface area contributed by atoms with Gasteiger partial charge in [0.15, 0.2) is 17.2 Å². The third kappa shape index (κ3) is 2.51. The van der Waals surface area contributed by atoms with Gasteiger partial charge in [-0.1, -0.05) is 17.7 Å². The van der Waals surface area contributed by atoms with E-state index in [0.29, 0.717) is 10.8 Å². The summed E-state index contributed by atoms with van der Waals surface area (Å²) < 4.78 is 1.90. The second-order valence-corrected chi connectivity index (χ2v) is 4.90. The Morgan fingerprint density at radius 1 is 1.29 bits per heavy atom. The Morgan fingerprint density at radius 2 is 2.14 bits per heavy atom. The van der Waals surface area contributed by atoms with Crippen LogP contribution in [0.5, 0.6) is 0 Å². The van der Waals surface area contributed by atoms with Crippen molar-refractivity contribution >= 4 is 23.1 Å². The fourth-order valence-electron chi connectivity index (χ4n) is 2.04. The maximum Gasteiger partial charge on any atom is 0.161 e. The van der Waals surface area contributed by atoms with E-state index in [4.69, 9.17) is 16.9 Å². The Balaban J connectivity index is 1.90. The number of halogens is 1. The van der Waals surface area contributed by atoms with Crippen LogP contribution in [0.2, 0.25) is 5.02 Å². The van der Waals surface area contributed by atoms with Crippen molar-refractivity contribution in [2.45, 2.75) is 13.0 Å². The Bertz CT molecular complexity index is 835. The molecule has 1 unspecified atom stereocenters. The summed E-state index contributed by atoms with van der Waals surface area (Å²) in [5, 5.41) is 20.8. The molecular formula is C14H11ClN6. The first-order valence-electron chi connectivity index (χ1n) is 6.32. The zero-order valence-electron chi connectivity index (χ0n) is 11.2. The maximum atomic E-state index is 8.95. The monoisotopic (exact) mass is 298 g/mol. The van der Waals surface area contributed by atoms with E-state index in [1.807, 2.05) is 41.8 Å². The molecule has 0 amide bonds. The number of aromatic nitrogens is 4. The Kier molecular flexibility index (Phi) is 3.42. The number of nitrogens with one attached hydrogen (secondary N) is 1. The molecule has 6 nitrogen and oxygen atoms in total. The van der Waals surface area contributed by atoms with E-state index in [1.54, 1.807) is 12.1 Å². The van der Waals surface area contributed by atoms with Gasteiger partial charge in [0.05, 0.1) is 11.1 Å². The number of hydrogen-bond donors (Lipinski definition) is 1. The minimum absolute atomic E-state index is 0.123. The molecule has 0 aliphatic heterocycles. The molecule has 7 heteroatoms. The van der Waals surface area contributed by atoms with E-state index in [-0.39, 0.29) is 11.7 Å². The summed E-state index contributed by atoms with van der Waals surface area (Å²) in [6.45, 7) is 1.95. The predicted octanol–water partition coefficient (Wildman–Crippen LogP) is 2.82. The third-order valence-corrected chi connectivity index (χ3v) is 3.35. The van der Waals surface area contributed by atoms with Gasteiger partial charge < -0.3 is 5.32 Å². The van der Waals surface area contributed by atoms with Crippen molar-refractivity contribution in [1.82, 2.24) is 19.6 Å². The molecule has 0 aliphatic rings. The highest BCUT2D eigenvalue weighted by Gasteiger charge is 2.14. The smallest absolute Gasteiger partial charge is 0.161 e. The summed E-state index contributed by atoms with van der Waals surface area (Å²) in [6, 6.07) is 10.9. The molecule has 1 N–H and O–H groups in total. The zero-order chi connectivity index (χ0) is 14.8. The lowest BCUT2D eigenvalue weighted by Gasteiger charge is -2.13. The first kappa shape index (κ1) is 13.3. The van der Waals surface area contributed by atoms with Crippen LogP contribution in [0.3, 0.4) is 0 Å². The minimum atomic E-state index is -0.123. The third-order valence-electron chi connectivity index (χ3n) is 3.04. The summed E-state index contributed by atoms with van der Waals surface area (Å²) >= 11 is 5.87. The topological polar surface area (TPSA) is 78.9 Å². The van der Waals surface area contributed by atoms with Crippen molar-refractivity contribution in [2.75, 3.05) is 5.32 Å². The average Bonchev–Trinajstić information content (AvgIpc) is 2.93. The number of pyridine rings is 2. The van der Waals surface area contributed by atoms with Crippen molar-refractivity contribution in [3.63, 3.8) is 0 Å². The quantitative estimate of drug-likeness (QED) is 0.804. The molecule has 21 heavy (non-hydrogen) atoms. The van der Waals surface area contributed by atoms with E-state index in [1.165, 1.54) is 0 Å². The molecule has 104 valence electrons. The molecular weight excluding hydrogens is 288 g/mol. The first-order valence-corrected chi connectivity index (χ1v) is 6.69. The molecule has 1 atom stereocenters. The lowest BCUT2D eigenvalue weighted by Crippen LogP contribution is -2.12. The van der Waals surface area contributed by atoms with Crippen LogP contribution in [0.1, 0.15) is 24.5 Å². The lowest BCUT2D eigenvalue weighted by atomic mass is 10.3. The summed E-state index contributed by atoms with van der Waals surface area (Å²) in [4.78, 5) is 4.16. The highest BCUT2D eigenvalue weighted by Crippen LogP contribution is 2.20. The number of nitriles is 1. The fourth-order valence-corrected chi connectivity index (χ4v) is 2.19. The van der Waals surface area contributed by atoms with Crippen molar-refractivity contribution < 1.29 is 0 Å². The van der Waals surface area contributed by atoms with E-state index < -0.39 is 0 Å². The number of rotatable bonds is 3. The van der Waals surface area contributed by atoms with Crippen molar-refractivity contribution in [1.29, 1.82) is 5.26 Å².